The average Bonchev–Trinajstić information content (AvgIpc) is 4.27. The van der Waals surface area contributed by atoms with E-state index in [4.69, 9.17) is 9.72 Å². The first-order valence-electron chi connectivity index (χ1n) is 27.6. The van der Waals surface area contributed by atoms with E-state index in [1.165, 1.54) is 88.5 Å². The summed E-state index contributed by atoms with van der Waals surface area (Å²) < 4.78 is 9.42. The molecule has 6 heteroatoms. The molecule has 0 unspecified atom stereocenters. The standard InChI is InChI=1S/C71H71BN4O/c1-68(2,3)49-32-33-73-64(40-49)76-62-31-21-28-58-65(62)66-59(72(58)13)42-55(43-63(66)76)77-54-27-20-26-53(41-54)74-44-75(61-30-18-17-29-60(61)74)67-56(47-25-19-24-46(34-47)45-22-15-14-16-23-45)38-52(71(10,11)12)39-57(67)48-35-50(69(4,5)6)37-51(36-48)70(7,8)9/h14-43H,44H2,1-13H3. The third-order valence-electron chi connectivity index (χ3n) is 16.3. The van der Waals surface area contributed by atoms with Gasteiger partial charge in [-0.25, -0.2) is 4.98 Å². The second-order valence-corrected chi connectivity index (χ2v) is 25.9. The molecule has 2 aromatic heterocycles. The van der Waals surface area contributed by atoms with Crippen molar-refractivity contribution in [2.45, 2.75) is 112 Å². The molecule has 0 fully saturated rings. The van der Waals surface area contributed by atoms with Crippen LogP contribution in [0.2, 0.25) is 6.82 Å². The lowest BCUT2D eigenvalue weighted by Gasteiger charge is -2.32. The van der Waals surface area contributed by atoms with Crippen molar-refractivity contribution in [3.63, 3.8) is 0 Å². The lowest BCUT2D eigenvalue weighted by Crippen LogP contribution is -2.35. The second kappa shape index (κ2) is 18.2. The van der Waals surface area contributed by atoms with E-state index in [0.717, 1.165) is 39.9 Å². The highest BCUT2D eigenvalue weighted by Crippen LogP contribution is 2.53. The van der Waals surface area contributed by atoms with Crippen molar-refractivity contribution >= 4 is 62.2 Å². The van der Waals surface area contributed by atoms with Crippen LogP contribution < -0.4 is 25.5 Å². The van der Waals surface area contributed by atoms with Crippen LogP contribution in [0, 0.1) is 0 Å². The molecule has 0 saturated heterocycles. The molecule has 10 aromatic rings. The van der Waals surface area contributed by atoms with Crippen molar-refractivity contribution < 1.29 is 4.74 Å². The summed E-state index contributed by atoms with van der Waals surface area (Å²) in [5.41, 5.74) is 21.7. The third kappa shape index (κ3) is 8.90. The largest absolute Gasteiger partial charge is 0.457 e. The minimum absolute atomic E-state index is 0.0192. The van der Waals surface area contributed by atoms with E-state index < -0.39 is 0 Å². The van der Waals surface area contributed by atoms with E-state index in [1.54, 1.807) is 0 Å². The molecular formula is C71H71BN4O. The van der Waals surface area contributed by atoms with Crippen molar-refractivity contribution in [3.8, 4) is 50.7 Å². The van der Waals surface area contributed by atoms with Gasteiger partial charge in [0.1, 0.15) is 24.0 Å². The van der Waals surface area contributed by atoms with Gasteiger partial charge in [0.2, 0.25) is 6.71 Å². The predicted molar refractivity (Wildman–Crippen MR) is 329 cm³/mol. The van der Waals surface area contributed by atoms with Gasteiger partial charge in [-0.05, 0) is 133 Å². The molecule has 5 nitrogen and oxygen atoms in total. The number of hydrogen-bond donors (Lipinski definition) is 0. The van der Waals surface area contributed by atoms with Gasteiger partial charge in [0.15, 0.2) is 0 Å². The van der Waals surface area contributed by atoms with Crippen molar-refractivity contribution in [3.05, 3.63) is 204 Å². The number of anilines is 4. The summed E-state index contributed by atoms with van der Waals surface area (Å²) in [4.78, 5) is 10.0. The van der Waals surface area contributed by atoms with Gasteiger partial charge < -0.3 is 14.5 Å². The fourth-order valence-corrected chi connectivity index (χ4v) is 11.8. The van der Waals surface area contributed by atoms with Crippen LogP contribution in [0.3, 0.4) is 0 Å². The van der Waals surface area contributed by atoms with Gasteiger partial charge in [0.25, 0.3) is 0 Å². The monoisotopic (exact) mass is 1010 g/mol. The zero-order valence-corrected chi connectivity index (χ0v) is 47.3. The smallest absolute Gasteiger partial charge is 0.208 e. The number of nitrogens with zero attached hydrogens (tertiary/aromatic N) is 4. The quantitative estimate of drug-likeness (QED) is 0.142. The molecule has 0 spiro atoms. The fourth-order valence-electron chi connectivity index (χ4n) is 11.8. The lowest BCUT2D eigenvalue weighted by atomic mass is 9.45. The number of fused-ring (bicyclic) bond motifs is 1. The van der Waals surface area contributed by atoms with E-state index in [9.17, 15) is 0 Å². The maximum absolute atomic E-state index is 7.08. The summed E-state index contributed by atoms with van der Waals surface area (Å²) in [7, 11) is 0. The summed E-state index contributed by atoms with van der Waals surface area (Å²) in [6.45, 7) is 31.0. The first-order chi connectivity index (χ1) is 36.6. The highest BCUT2D eigenvalue weighted by Gasteiger charge is 2.35. The molecule has 0 radical (unpaired) electrons. The van der Waals surface area contributed by atoms with Crippen LogP contribution in [0.15, 0.2) is 182 Å². The van der Waals surface area contributed by atoms with Crippen LogP contribution in [0.5, 0.6) is 11.5 Å². The van der Waals surface area contributed by atoms with E-state index in [2.05, 4.69) is 280 Å². The van der Waals surface area contributed by atoms with Crippen LogP contribution in [0.4, 0.5) is 22.7 Å². The van der Waals surface area contributed by atoms with E-state index in [-0.39, 0.29) is 28.4 Å². The summed E-state index contributed by atoms with van der Waals surface area (Å²) >= 11 is 0. The van der Waals surface area contributed by atoms with Crippen molar-refractivity contribution in [1.82, 2.24) is 9.55 Å². The Bertz CT molecular complexity index is 3920. The fraction of sp³-hybridized carbons (Fsp3) is 0.254. The molecule has 2 aliphatic heterocycles. The van der Waals surface area contributed by atoms with Gasteiger partial charge in [-0.2, -0.15) is 0 Å². The molecule has 0 atom stereocenters. The summed E-state index contributed by atoms with van der Waals surface area (Å²) in [5.74, 6) is 2.52. The normalized spacial score (nSPS) is 13.6. The van der Waals surface area contributed by atoms with Gasteiger partial charge in [-0.1, -0.05) is 198 Å². The number of hydrogen-bond acceptors (Lipinski definition) is 4. The number of rotatable bonds is 8. The number of pyridine rings is 1. The Morgan fingerprint density at radius 2 is 1.01 bits per heavy atom. The number of aromatic nitrogens is 2. The summed E-state index contributed by atoms with van der Waals surface area (Å²) in [5, 5.41) is 2.61. The first kappa shape index (κ1) is 50.0. The molecule has 0 N–H and O–H groups in total. The van der Waals surface area contributed by atoms with Gasteiger partial charge in [0, 0.05) is 45.9 Å². The van der Waals surface area contributed by atoms with Crippen LogP contribution in [-0.2, 0) is 21.7 Å². The molecule has 0 bridgehead atoms. The third-order valence-corrected chi connectivity index (χ3v) is 16.3. The summed E-state index contributed by atoms with van der Waals surface area (Å²) in [6, 6.07) is 65.5. The number of benzene rings is 8. The van der Waals surface area contributed by atoms with Crippen molar-refractivity contribution in [2.24, 2.45) is 0 Å². The molecule has 0 amide bonds. The SMILES string of the molecule is CB1c2cccc3c2c2c1cc(Oc1cccc(N4CN(c5c(-c6cccc(-c7ccccc7)c6)cc(C(C)(C)C)cc5-c5cc(C(C)(C)C)cc(C(C)(C)C)c5)c5ccccc54)c1)cc2n3-c1cc(C(C)(C)C)ccn1. The predicted octanol–water partition coefficient (Wildman–Crippen LogP) is 18.0. The van der Waals surface area contributed by atoms with Crippen LogP contribution in [-0.4, -0.2) is 22.9 Å². The Kier molecular flexibility index (Phi) is 11.8. The average molecular weight is 1010 g/mol. The molecule has 0 aliphatic carbocycles. The molecule has 4 heterocycles. The lowest BCUT2D eigenvalue weighted by molar-refractivity contribution is 0.484. The molecular weight excluding hydrogens is 936 g/mol. The van der Waals surface area contributed by atoms with Crippen molar-refractivity contribution in [1.29, 1.82) is 0 Å². The number of para-hydroxylation sites is 2. The highest BCUT2D eigenvalue weighted by atomic mass is 16.5. The molecule has 384 valence electrons. The van der Waals surface area contributed by atoms with Gasteiger partial charge in [-0.15, -0.1) is 0 Å². The van der Waals surface area contributed by atoms with Gasteiger partial charge in [0.05, 0.1) is 28.1 Å². The first-order valence-corrected chi connectivity index (χ1v) is 27.6. The maximum atomic E-state index is 7.08. The van der Waals surface area contributed by atoms with Crippen LogP contribution >= 0.6 is 0 Å². The molecule has 8 aromatic carbocycles. The Morgan fingerprint density at radius 3 is 1.70 bits per heavy atom. The van der Waals surface area contributed by atoms with Crippen LogP contribution in [0.25, 0.3) is 61.0 Å². The summed E-state index contributed by atoms with van der Waals surface area (Å²) in [6.07, 6.45) is 1.95. The van der Waals surface area contributed by atoms with Gasteiger partial charge in [-0.3, -0.25) is 4.57 Å². The molecule has 2 aliphatic rings. The molecule has 77 heavy (non-hydrogen) atoms. The zero-order valence-electron chi connectivity index (χ0n) is 47.3. The van der Waals surface area contributed by atoms with E-state index in [0.29, 0.717) is 6.67 Å². The second-order valence-electron chi connectivity index (χ2n) is 25.9. The highest BCUT2D eigenvalue weighted by molar-refractivity contribution is 6.91. The maximum Gasteiger partial charge on any atom is 0.208 e. The Morgan fingerprint density at radius 1 is 0.429 bits per heavy atom. The van der Waals surface area contributed by atoms with E-state index in [1.807, 2.05) is 6.20 Å². The Hall–Kier alpha value is -7.83. The van der Waals surface area contributed by atoms with E-state index >= 15 is 0 Å². The van der Waals surface area contributed by atoms with Crippen LogP contribution in [0.1, 0.15) is 105 Å². The Balaban J connectivity index is 1.00. The minimum atomic E-state index is -0.128. The molecule has 12 rings (SSSR count). The number of ether oxygens (including phenoxy) is 1. The van der Waals surface area contributed by atoms with Crippen molar-refractivity contribution in [2.75, 3.05) is 16.5 Å². The molecule has 0 saturated carbocycles. The Labute approximate surface area is 457 Å². The topological polar surface area (TPSA) is 33.5 Å². The minimum Gasteiger partial charge on any atom is -0.457 e. The van der Waals surface area contributed by atoms with Gasteiger partial charge >= 0.3 is 0 Å². The zero-order chi connectivity index (χ0) is 53.9.